The number of phenolic OH excluding ortho intramolecular Hbond substituents is 2. The zero-order chi connectivity index (χ0) is 21.9. The van der Waals surface area contributed by atoms with Crippen LogP contribution in [0.3, 0.4) is 0 Å². The van der Waals surface area contributed by atoms with E-state index < -0.39 is 27.9 Å². The molecule has 0 aliphatic heterocycles. The molecule has 0 saturated carbocycles. The number of aromatic nitrogens is 1. The lowest BCUT2D eigenvalue weighted by molar-refractivity contribution is -0.387. The third-order valence-electron chi connectivity index (χ3n) is 3.96. The zero-order valence-corrected chi connectivity index (χ0v) is 16.2. The molecule has 0 aliphatic rings. The van der Waals surface area contributed by atoms with Gasteiger partial charge in [-0.15, -0.1) is 0 Å². The fraction of sp³-hybridized carbons (Fsp3) is 0.111. The predicted octanol–water partition coefficient (Wildman–Crippen LogP) is 4.86. The van der Waals surface area contributed by atoms with Gasteiger partial charge in [0.1, 0.15) is 33.3 Å². The van der Waals surface area contributed by atoms with Crippen LogP contribution in [0.2, 0.25) is 10.0 Å². The molecule has 3 rings (SSSR count). The van der Waals surface area contributed by atoms with Gasteiger partial charge in [0, 0.05) is 24.2 Å². The second-order valence-electron chi connectivity index (χ2n) is 5.49. The number of benzene rings is 2. The molecule has 0 atom stereocenters. The zero-order valence-electron chi connectivity index (χ0n) is 14.7. The first kappa shape index (κ1) is 21.8. The normalized spacial score (nSPS) is 10.0. The summed E-state index contributed by atoms with van der Waals surface area (Å²) in [5.74, 6) is -1.97. The topological polar surface area (TPSA) is 136 Å². The summed E-state index contributed by atoms with van der Waals surface area (Å²) in [5, 5.41) is 45.9. The Balaban J connectivity index is 0.000000208. The monoisotopic (exact) mass is 436 g/mol. The molecule has 0 fully saturated rings. The molecule has 11 heteroatoms. The first-order chi connectivity index (χ1) is 13.7. The van der Waals surface area contributed by atoms with Crippen molar-refractivity contribution in [3.8, 4) is 23.6 Å². The molecule has 3 aromatic rings. The number of nitro groups is 1. The number of hydrogen-bond donors (Lipinski definition) is 2. The molecule has 8 nitrogen and oxygen atoms in total. The van der Waals surface area contributed by atoms with Crippen LogP contribution in [0.4, 0.5) is 10.1 Å². The van der Waals surface area contributed by atoms with Crippen LogP contribution in [-0.2, 0) is 6.54 Å². The average molecular weight is 437 g/mol. The van der Waals surface area contributed by atoms with Crippen molar-refractivity contribution in [2.24, 2.45) is 0 Å². The molecule has 1 aromatic heterocycles. The number of halogens is 3. The van der Waals surface area contributed by atoms with Crippen LogP contribution in [0.25, 0.3) is 10.9 Å². The van der Waals surface area contributed by atoms with Gasteiger partial charge in [0.15, 0.2) is 11.5 Å². The van der Waals surface area contributed by atoms with E-state index in [1.54, 1.807) is 30.5 Å². The maximum Gasteiger partial charge on any atom is 0.305 e. The van der Waals surface area contributed by atoms with Gasteiger partial charge in [-0.25, -0.2) is 0 Å². The van der Waals surface area contributed by atoms with E-state index in [0.29, 0.717) is 17.4 Å². The van der Waals surface area contributed by atoms with E-state index in [1.807, 2.05) is 11.5 Å². The maximum absolute atomic E-state index is 13.6. The third kappa shape index (κ3) is 3.87. The number of nitriles is 2. The van der Waals surface area contributed by atoms with Gasteiger partial charge in [-0.1, -0.05) is 23.2 Å². The fourth-order valence-corrected chi connectivity index (χ4v) is 2.89. The van der Waals surface area contributed by atoms with Crippen LogP contribution >= 0.6 is 23.2 Å². The third-order valence-corrected chi connectivity index (χ3v) is 4.79. The molecule has 29 heavy (non-hydrogen) atoms. The molecule has 148 valence electrons. The average Bonchev–Trinajstić information content (AvgIpc) is 3.13. The van der Waals surface area contributed by atoms with Gasteiger partial charge < -0.3 is 14.8 Å². The van der Waals surface area contributed by atoms with Crippen molar-refractivity contribution in [3.63, 3.8) is 0 Å². The minimum absolute atomic E-state index is 0.297. The minimum atomic E-state index is -0.760. The Labute approximate surface area is 173 Å². The van der Waals surface area contributed by atoms with E-state index in [2.05, 4.69) is 0 Å². The molecule has 2 aromatic carbocycles. The second-order valence-corrected chi connectivity index (χ2v) is 6.25. The summed E-state index contributed by atoms with van der Waals surface area (Å²) in [6, 6.07) is 7.42. The van der Waals surface area contributed by atoms with Crippen molar-refractivity contribution in [2.45, 2.75) is 13.5 Å². The van der Waals surface area contributed by atoms with Gasteiger partial charge >= 0.3 is 5.69 Å². The molecular weight excluding hydrogens is 426 g/mol. The van der Waals surface area contributed by atoms with E-state index >= 15 is 0 Å². The number of phenols is 2. The predicted molar refractivity (Wildman–Crippen MR) is 103 cm³/mol. The highest BCUT2D eigenvalue weighted by Gasteiger charge is 2.21. The van der Waals surface area contributed by atoms with Crippen LogP contribution in [0.1, 0.15) is 18.1 Å². The number of rotatable bonds is 2. The molecule has 0 radical (unpaired) electrons. The lowest BCUT2D eigenvalue weighted by Crippen LogP contribution is -1.95. The summed E-state index contributed by atoms with van der Waals surface area (Å²) in [7, 11) is 0. The number of nitro benzene ring substituents is 1. The summed E-state index contributed by atoms with van der Waals surface area (Å²) in [6.07, 6.45) is 1.72. The Kier molecular flexibility index (Phi) is 6.49. The minimum Gasteiger partial charge on any atom is -0.505 e. The van der Waals surface area contributed by atoms with Crippen molar-refractivity contribution in [1.29, 1.82) is 10.5 Å². The SMILES string of the molecule is CCn1ccc2c(F)c([N+](=O)[O-])ccc21.N#Cc1c(O)c(Cl)c(Cl)c(O)c1C#N. The second kappa shape index (κ2) is 8.65. The summed E-state index contributed by atoms with van der Waals surface area (Å²) in [4.78, 5) is 9.79. The van der Waals surface area contributed by atoms with Crippen LogP contribution in [0.15, 0.2) is 24.4 Å². The van der Waals surface area contributed by atoms with Crippen molar-refractivity contribution in [3.05, 3.63) is 61.5 Å². The molecule has 0 amide bonds. The number of aryl methyl sites for hydroxylation is 1. The Hall–Kier alpha value is -3.53. The Morgan fingerprint density at radius 1 is 1.14 bits per heavy atom. The lowest BCUT2D eigenvalue weighted by Gasteiger charge is -2.06. The molecular formula is C18H11Cl2FN4O4. The van der Waals surface area contributed by atoms with Crippen LogP contribution < -0.4 is 0 Å². The number of nitrogens with zero attached hydrogens (tertiary/aromatic N) is 4. The number of fused-ring (bicyclic) bond motifs is 1. The molecule has 1 heterocycles. The fourth-order valence-electron chi connectivity index (χ4n) is 2.52. The highest BCUT2D eigenvalue weighted by Crippen LogP contribution is 2.43. The van der Waals surface area contributed by atoms with Gasteiger partial charge in [0.05, 0.1) is 10.4 Å². The highest BCUT2D eigenvalue weighted by molar-refractivity contribution is 6.44. The van der Waals surface area contributed by atoms with Crippen LogP contribution in [0.5, 0.6) is 11.5 Å². The van der Waals surface area contributed by atoms with Gasteiger partial charge in [-0.3, -0.25) is 10.1 Å². The molecule has 2 N–H and O–H groups in total. The van der Waals surface area contributed by atoms with E-state index in [0.717, 1.165) is 0 Å². The van der Waals surface area contributed by atoms with Gasteiger partial charge in [-0.2, -0.15) is 14.9 Å². The van der Waals surface area contributed by atoms with Gasteiger partial charge in [0.25, 0.3) is 0 Å². The Morgan fingerprint density at radius 3 is 2.07 bits per heavy atom. The van der Waals surface area contributed by atoms with E-state index in [9.17, 15) is 24.7 Å². The first-order valence-corrected chi connectivity index (χ1v) is 8.59. The molecule has 0 spiro atoms. The van der Waals surface area contributed by atoms with Crippen LogP contribution in [-0.4, -0.2) is 19.7 Å². The van der Waals surface area contributed by atoms with Crippen molar-refractivity contribution in [2.75, 3.05) is 0 Å². The standard InChI is InChI=1S/C10H9FN2O2.C8H2Cl2N2O2/c1-2-12-6-5-7-8(12)3-4-9(10(7)11)13(14)15;9-5-6(10)8(14)4(2-12)3(1-11)7(5)13/h3-6H,2H2,1H3;13-14H. The molecule has 0 unspecified atom stereocenters. The number of hydrogen-bond acceptors (Lipinski definition) is 6. The Morgan fingerprint density at radius 2 is 1.66 bits per heavy atom. The maximum atomic E-state index is 13.6. The molecule has 0 saturated heterocycles. The van der Waals surface area contributed by atoms with Crippen LogP contribution in [0, 0.1) is 38.6 Å². The van der Waals surface area contributed by atoms with E-state index in [-0.39, 0.29) is 21.2 Å². The largest absolute Gasteiger partial charge is 0.505 e. The smallest absolute Gasteiger partial charge is 0.305 e. The lowest BCUT2D eigenvalue weighted by atomic mass is 10.1. The van der Waals surface area contributed by atoms with Crippen molar-refractivity contribution >= 4 is 39.8 Å². The first-order valence-electron chi connectivity index (χ1n) is 7.84. The van der Waals surface area contributed by atoms with Crippen molar-refractivity contribution in [1.82, 2.24) is 4.57 Å². The van der Waals surface area contributed by atoms with Crippen molar-refractivity contribution < 1.29 is 19.5 Å². The van der Waals surface area contributed by atoms with E-state index in [4.69, 9.17) is 33.7 Å². The number of aromatic hydroxyl groups is 2. The summed E-state index contributed by atoms with van der Waals surface area (Å²) in [6.45, 7) is 2.64. The van der Waals surface area contributed by atoms with E-state index in [1.165, 1.54) is 6.07 Å². The summed E-state index contributed by atoms with van der Waals surface area (Å²) < 4.78 is 15.5. The highest BCUT2D eigenvalue weighted by atomic mass is 35.5. The quantitative estimate of drug-likeness (QED) is 0.334. The summed E-state index contributed by atoms with van der Waals surface area (Å²) in [5.41, 5.74) is -0.573. The molecule has 0 bridgehead atoms. The Bertz CT molecular complexity index is 1170. The van der Waals surface area contributed by atoms with Gasteiger partial charge in [-0.05, 0) is 19.1 Å². The molecule has 0 aliphatic carbocycles. The summed E-state index contributed by atoms with van der Waals surface area (Å²) >= 11 is 11.0. The van der Waals surface area contributed by atoms with Gasteiger partial charge in [0.2, 0.25) is 5.82 Å².